The van der Waals surface area contributed by atoms with E-state index in [1.807, 2.05) is 0 Å². The third kappa shape index (κ3) is 14.6. The summed E-state index contributed by atoms with van der Waals surface area (Å²) < 4.78 is 44.7. The first-order valence-electron chi connectivity index (χ1n) is 12.0. The molecule has 0 N–H and O–H groups in total. The minimum absolute atomic E-state index is 0. The molecule has 35 heavy (non-hydrogen) atoms. The second kappa shape index (κ2) is 19.7. The Morgan fingerprint density at radius 1 is 0.771 bits per heavy atom. The van der Waals surface area contributed by atoms with Gasteiger partial charge in [-0.2, -0.15) is 0 Å². The van der Waals surface area contributed by atoms with Gasteiger partial charge in [0, 0.05) is 0 Å². The number of hydrogen-bond acceptors (Lipinski definition) is 7. The molecule has 1 rings (SSSR count). The maximum atomic E-state index is 12.6. The van der Waals surface area contributed by atoms with Crippen LogP contribution in [0.5, 0.6) is 0 Å². The smallest absolute Gasteiger partial charge is 0.744 e. The van der Waals surface area contributed by atoms with Crippen molar-refractivity contribution < 1.29 is 61.6 Å². The number of rotatable bonds is 17. The molecule has 0 atom stereocenters. The molecular formula is C26H37NaO7S. The number of carbonyl (C=O) groups excluding carboxylic acids is 2. The predicted octanol–water partition coefficient (Wildman–Crippen LogP) is 2.96. The van der Waals surface area contributed by atoms with E-state index in [2.05, 4.69) is 38.2 Å². The number of unbranched alkanes of at least 4 members (excludes halogenated alkanes) is 6. The van der Waals surface area contributed by atoms with Crippen molar-refractivity contribution in [2.24, 2.45) is 0 Å². The van der Waals surface area contributed by atoms with E-state index in [-0.39, 0.29) is 53.9 Å². The van der Waals surface area contributed by atoms with Crippen molar-refractivity contribution >= 4 is 22.1 Å². The molecule has 0 amide bonds. The third-order valence-corrected chi connectivity index (χ3v) is 5.85. The van der Waals surface area contributed by atoms with Gasteiger partial charge in [-0.3, -0.25) is 0 Å². The van der Waals surface area contributed by atoms with Crippen LogP contribution < -0.4 is 29.6 Å². The van der Waals surface area contributed by atoms with Gasteiger partial charge in [-0.05, 0) is 82.4 Å². The van der Waals surface area contributed by atoms with Gasteiger partial charge in [0.1, 0.15) is 10.1 Å². The van der Waals surface area contributed by atoms with E-state index in [9.17, 15) is 22.6 Å². The first-order chi connectivity index (χ1) is 16.3. The zero-order valence-corrected chi connectivity index (χ0v) is 24.1. The Morgan fingerprint density at radius 3 is 1.71 bits per heavy atom. The fourth-order valence-corrected chi connectivity index (χ4v) is 3.66. The topological polar surface area (TPSA) is 110 Å². The maximum Gasteiger partial charge on any atom is 1.00 e. The minimum atomic E-state index is -4.80. The Labute approximate surface area is 232 Å². The molecular weight excluding hydrogens is 479 g/mol. The molecule has 1 aromatic carbocycles. The van der Waals surface area contributed by atoms with Crippen LogP contribution in [0.4, 0.5) is 0 Å². The summed E-state index contributed by atoms with van der Waals surface area (Å²) in [5, 5.41) is 0. The molecule has 0 aliphatic heterocycles. The molecule has 0 spiro atoms. The molecule has 190 valence electrons. The molecule has 0 aliphatic carbocycles. The number of ether oxygens (including phenoxy) is 2. The Hall–Kier alpha value is -1.45. The minimum Gasteiger partial charge on any atom is -0.744 e. The van der Waals surface area contributed by atoms with Gasteiger partial charge in [-0.1, -0.05) is 38.2 Å². The van der Waals surface area contributed by atoms with Gasteiger partial charge in [0.25, 0.3) is 0 Å². The first-order valence-corrected chi connectivity index (χ1v) is 13.5. The summed E-state index contributed by atoms with van der Waals surface area (Å²) >= 11 is 0. The molecule has 9 heteroatoms. The van der Waals surface area contributed by atoms with Crippen molar-refractivity contribution in [2.45, 2.75) is 83.0 Å². The molecule has 7 nitrogen and oxygen atoms in total. The van der Waals surface area contributed by atoms with Crippen LogP contribution >= 0.6 is 0 Å². The van der Waals surface area contributed by atoms with Crippen LogP contribution in [0.15, 0.2) is 47.4 Å². The summed E-state index contributed by atoms with van der Waals surface area (Å²) in [6, 6.07) is 3.01. The summed E-state index contributed by atoms with van der Waals surface area (Å²) in [7, 11) is -4.80. The van der Waals surface area contributed by atoms with Crippen LogP contribution in [0.3, 0.4) is 0 Å². The van der Waals surface area contributed by atoms with Crippen molar-refractivity contribution in [3.63, 3.8) is 0 Å². The number of carbonyl (C=O) groups is 2. The molecule has 0 bridgehead atoms. The summed E-state index contributed by atoms with van der Waals surface area (Å²) in [6.45, 7) is 4.46. The van der Waals surface area contributed by atoms with Gasteiger partial charge < -0.3 is 14.0 Å². The van der Waals surface area contributed by atoms with E-state index < -0.39 is 27.0 Å². The molecule has 0 unspecified atom stereocenters. The van der Waals surface area contributed by atoms with E-state index in [0.717, 1.165) is 69.6 Å². The SMILES string of the molecule is CC/C=C/CCCCCOC(=O)c1ccc(S(=O)(=O)[O-])cc1C(=O)OCCCCC/C=C/CC.[Na+]. The van der Waals surface area contributed by atoms with E-state index in [4.69, 9.17) is 9.47 Å². The van der Waals surface area contributed by atoms with Crippen molar-refractivity contribution in [1.82, 2.24) is 0 Å². The normalized spacial score (nSPS) is 11.5. The maximum absolute atomic E-state index is 12.6. The van der Waals surface area contributed by atoms with E-state index in [1.165, 1.54) is 0 Å². The van der Waals surface area contributed by atoms with Gasteiger partial charge in [0.15, 0.2) is 0 Å². The van der Waals surface area contributed by atoms with Gasteiger partial charge >= 0.3 is 41.5 Å². The second-order valence-electron chi connectivity index (χ2n) is 7.89. The Morgan fingerprint density at radius 2 is 1.26 bits per heavy atom. The van der Waals surface area contributed by atoms with Crippen LogP contribution in [0.1, 0.15) is 98.8 Å². The Kier molecular flexibility index (Phi) is 18.9. The summed E-state index contributed by atoms with van der Waals surface area (Å²) in [5.74, 6) is -1.61. The summed E-state index contributed by atoms with van der Waals surface area (Å²) in [5.41, 5.74) is -0.398. The van der Waals surface area contributed by atoms with Crippen LogP contribution in [0, 0.1) is 0 Å². The van der Waals surface area contributed by atoms with Gasteiger partial charge in [-0.15, -0.1) is 0 Å². The fourth-order valence-electron chi connectivity index (χ4n) is 3.16. The largest absolute Gasteiger partial charge is 1.00 e. The Bertz CT molecular complexity index is 924. The predicted molar refractivity (Wildman–Crippen MR) is 131 cm³/mol. The molecule has 0 heterocycles. The zero-order valence-electron chi connectivity index (χ0n) is 21.3. The van der Waals surface area contributed by atoms with Gasteiger partial charge in [0.2, 0.25) is 0 Å². The van der Waals surface area contributed by atoms with Crippen LogP contribution in [-0.4, -0.2) is 38.1 Å². The standard InChI is InChI=1S/C26H38O7S.Na/c1-3-5-7-9-11-13-15-19-32-25(27)23-18-17-22(34(29,30)31)21-24(23)26(28)33-20-16-14-12-10-8-6-4-2;/h5-8,17-18,21H,3-4,9-16,19-20H2,1-2H3,(H,29,30,31);/q;+1/p-1/b7-5+,8-6+;. The van der Waals surface area contributed by atoms with Crippen LogP contribution in [0.2, 0.25) is 0 Å². The molecule has 0 saturated heterocycles. The summed E-state index contributed by atoms with van der Waals surface area (Å²) in [4.78, 5) is 24.5. The molecule has 0 fully saturated rings. The molecule has 1 aromatic rings. The van der Waals surface area contributed by atoms with Crippen LogP contribution in [-0.2, 0) is 19.6 Å². The van der Waals surface area contributed by atoms with Crippen molar-refractivity contribution in [3.05, 3.63) is 53.6 Å². The Balaban J connectivity index is 0.0000116. The number of esters is 2. The first kappa shape index (κ1) is 33.5. The quantitative estimate of drug-likeness (QED) is 0.103. The van der Waals surface area contributed by atoms with Gasteiger partial charge in [-0.25, -0.2) is 18.0 Å². The van der Waals surface area contributed by atoms with Crippen LogP contribution in [0.25, 0.3) is 0 Å². The molecule has 0 aromatic heterocycles. The average molecular weight is 517 g/mol. The number of hydrogen-bond donors (Lipinski definition) is 0. The van der Waals surface area contributed by atoms with E-state index in [0.29, 0.717) is 12.8 Å². The fraction of sp³-hybridized carbons (Fsp3) is 0.538. The van der Waals surface area contributed by atoms with E-state index >= 15 is 0 Å². The monoisotopic (exact) mass is 516 g/mol. The number of allylic oxidation sites excluding steroid dienone is 4. The summed E-state index contributed by atoms with van der Waals surface area (Å²) in [6.07, 6.45) is 17.4. The average Bonchev–Trinajstić information content (AvgIpc) is 2.81. The molecule has 0 aliphatic rings. The number of benzene rings is 1. The van der Waals surface area contributed by atoms with Crippen molar-refractivity contribution in [1.29, 1.82) is 0 Å². The second-order valence-corrected chi connectivity index (χ2v) is 9.27. The van der Waals surface area contributed by atoms with Crippen molar-refractivity contribution in [2.75, 3.05) is 13.2 Å². The van der Waals surface area contributed by atoms with Gasteiger partial charge in [0.05, 0.1) is 29.2 Å². The zero-order chi connectivity index (χ0) is 25.2. The molecule has 0 saturated carbocycles. The molecule has 0 radical (unpaired) electrons. The van der Waals surface area contributed by atoms with Crippen molar-refractivity contribution in [3.8, 4) is 0 Å². The van der Waals surface area contributed by atoms with E-state index in [1.54, 1.807) is 0 Å². The third-order valence-electron chi connectivity index (χ3n) is 5.02.